The van der Waals surface area contributed by atoms with Crippen LogP contribution < -0.4 is 4.18 Å². The highest BCUT2D eigenvalue weighted by atomic mass is 32.3. The van der Waals surface area contributed by atoms with Gasteiger partial charge in [0.15, 0.2) is 0 Å². The Bertz CT molecular complexity index is 771. The van der Waals surface area contributed by atoms with Crippen LogP contribution in [0.2, 0.25) is 0 Å². The molecule has 6 aliphatic rings. The lowest BCUT2D eigenvalue weighted by molar-refractivity contribution is -0.0122. The van der Waals surface area contributed by atoms with Crippen molar-refractivity contribution in [3.63, 3.8) is 0 Å². The Morgan fingerprint density at radius 2 is 2.04 bits per heavy atom. The van der Waals surface area contributed by atoms with Crippen LogP contribution in [0.4, 0.5) is 0 Å². The molecule has 0 spiro atoms. The summed E-state index contributed by atoms with van der Waals surface area (Å²) in [7, 11) is -4.00. The van der Waals surface area contributed by atoms with Crippen LogP contribution >= 0.6 is 0 Å². The van der Waals surface area contributed by atoms with Crippen molar-refractivity contribution in [1.29, 1.82) is 0 Å². The van der Waals surface area contributed by atoms with Crippen LogP contribution in [-0.2, 0) is 21.0 Å². The molecule has 0 amide bonds. The smallest absolute Gasteiger partial charge is 0.362 e. The van der Waals surface area contributed by atoms with Gasteiger partial charge in [0.25, 0.3) is 0 Å². The standard InChI is InChI=1S/C18H22O4S/c1-18-9-8-14-13-5-3-12-10-11(13)2-4-15(14)16(18)6-7-17(18)22-23(19,20)21-12/h3,5,10,14-17H,2,4,6-9H2,1H3/t14?,15-,16-,17+,18-/m0/s1. The van der Waals surface area contributed by atoms with Crippen LogP contribution in [0, 0.1) is 17.3 Å². The number of hydrogen-bond donors (Lipinski definition) is 0. The van der Waals surface area contributed by atoms with Gasteiger partial charge in [0.1, 0.15) is 5.75 Å². The first-order valence-electron chi connectivity index (χ1n) is 8.72. The van der Waals surface area contributed by atoms with E-state index in [1.807, 2.05) is 6.07 Å². The molecule has 3 aliphatic heterocycles. The maximum absolute atomic E-state index is 12.3. The van der Waals surface area contributed by atoms with Crippen LogP contribution in [0.15, 0.2) is 18.2 Å². The molecule has 4 nitrogen and oxygen atoms in total. The summed E-state index contributed by atoms with van der Waals surface area (Å²) in [6.45, 7) is 2.24. The molecule has 7 rings (SSSR count). The highest BCUT2D eigenvalue weighted by Gasteiger charge is 2.56. The molecule has 5 atom stereocenters. The molecule has 8 bridgehead atoms. The van der Waals surface area contributed by atoms with Gasteiger partial charge in [0.05, 0.1) is 6.10 Å². The number of fused-ring (bicyclic) bond motifs is 2. The van der Waals surface area contributed by atoms with Gasteiger partial charge in [-0.3, -0.25) is 0 Å². The fraction of sp³-hybridized carbons (Fsp3) is 0.667. The van der Waals surface area contributed by atoms with E-state index in [9.17, 15) is 8.42 Å². The van der Waals surface area contributed by atoms with Crippen molar-refractivity contribution >= 4 is 10.4 Å². The van der Waals surface area contributed by atoms with E-state index >= 15 is 0 Å². The van der Waals surface area contributed by atoms with Gasteiger partial charge in [-0.15, -0.1) is 0 Å². The zero-order valence-corrected chi connectivity index (χ0v) is 14.1. The van der Waals surface area contributed by atoms with Crippen molar-refractivity contribution in [3.8, 4) is 5.75 Å². The molecule has 1 unspecified atom stereocenters. The van der Waals surface area contributed by atoms with Crippen LogP contribution in [0.25, 0.3) is 0 Å². The summed E-state index contributed by atoms with van der Waals surface area (Å²) >= 11 is 0. The zero-order valence-electron chi connectivity index (χ0n) is 13.3. The summed E-state index contributed by atoms with van der Waals surface area (Å²) < 4.78 is 35.5. The second kappa shape index (κ2) is 4.51. The van der Waals surface area contributed by atoms with Crippen molar-refractivity contribution in [2.45, 2.75) is 57.5 Å². The van der Waals surface area contributed by atoms with E-state index in [2.05, 4.69) is 13.0 Å². The summed E-state index contributed by atoms with van der Waals surface area (Å²) in [5.74, 6) is 2.25. The molecule has 23 heavy (non-hydrogen) atoms. The fourth-order valence-electron chi connectivity index (χ4n) is 6.00. The molecule has 1 aromatic rings. The monoisotopic (exact) mass is 334 g/mol. The minimum atomic E-state index is -4.00. The number of aryl methyl sites for hydroxylation is 1. The lowest BCUT2D eigenvalue weighted by atomic mass is 9.55. The topological polar surface area (TPSA) is 52.6 Å². The highest BCUT2D eigenvalue weighted by Crippen LogP contribution is 2.62. The Hall–Kier alpha value is -1.07. The summed E-state index contributed by atoms with van der Waals surface area (Å²) in [6, 6.07) is 5.79. The predicted octanol–water partition coefficient (Wildman–Crippen LogP) is 3.57. The maximum Gasteiger partial charge on any atom is 0.449 e. The first kappa shape index (κ1) is 14.3. The van der Waals surface area contributed by atoms with E-state index in [1.54, 1.807) is 6.07 Å². The molecular weight excluding hydrogens is 312 g/mol. The van der Waals surface area contributed by atoms with E-state index in [4.69, 9.17) is 8.37 Å². The third-order valence-electron chi connectivity index (χ3n) is 7.04. The van der Waals surface area contributed by atoms with Crippen LogP contribution in [-0.4, -0.2) is 14.5 Å². The molecule has 0 aromatic heterocycles. The molecule has 1 aromatic carbocycles. The van der Waals surface area contributed by atoms with Gasteiger partial charge in [0, 0.05) is 0 Å². The minimum Gasteiger partial charge on any atom is -0.362 e. The average molecular weight is 334 g/mol. The first-order chi connectivity index (χ1) is 11.0. The van der Waals surface area contributed by atoms with Gasteiger partial charge in [-0.05, 0) is 85.0 Å². The fourth-order valence-corrected chi connectivity index (χ4v) is 6.98. The van der Waals surface area contributed by atoms with Gasteiger partial charge in [-0.25, -0.2) is 4.18 Å². The lowest BCUT2D eigenvalue weighted by Crippen LogP contribution is -2.45. The summed E-state index contributed by atoms with van der Waals surface area (Å²) in [6.07, 6.45) is 6.09. The molecule has 0 radical (unpaired) electrons. The Balaban J connectivity index is 1.73. The predicted molar refractivity (Wildman–Crippen MR) is 85.5 cm³/mol. The lowest BCUT2D eigenvalue weighted by Gasteiger charge is -2.50. The average Bonchev–Trinajstić information content (AvgIpc) is 2.82. The summed E-state index contributed by atoms with van der Waals surface area (Å²) in [4.78, 5) is 0. The van der Waals surface area contributed by atoms with Gasteiger partial charge in [0.2, 0.25) is 0 Å². The quantitative estimate of drug-likeness (QED) is 0.728. The van der Waals surface area contributed by atoms with E-state index in [-0.39, 0.29) is 11.5 Å². The van der Waals surface area contributed by atoms with Crippen LogP contribution in [0.5, 0.6) is 5.75 Å². The first-order valence-corrected chi connectivity index (χ1v) is 10.1. The molecule has 2 fully saturated rings. The molecule has 0 saturated heterocycles. The molecule has 2 saturated carbocycles. The largest absolute Gasteiger partial charge is 0.449 e. The highest BCUT2D eigenvalue weighted by molar-refractivity contribution is 7.82. The number of hydrogen-bond acceptors (Lipinski definition) is 4. The summed E-state index contributed by atoms with van der Waals surface area (Å²) in [5, 5.41) is 0. The van der Waals surface area contributed by atoms with E-state index in [0.717, 1.165) is 32.1 Å². The van der Waals surface area contributed by atoms with Crippen LogP contribution in [0.1, 0.15) is 56.1 Å². The Morgan fingerprint density at radius 1 is 1.17 bits per heavy atom. The van der Waals surface area contributed by atoms with Gasteiger partial charge < -0.3 is 4.18 Å². The van der Waals surface area contributed by atoms with Crippen molar-refractivity contribution in [2.24, 2.45) is 17.3 Å². The molecule has 5 heteroatoms. The van der Waals surface area contributed by atoms with Gasteiger partial charge in [-0.1, -0.05) is 13.0 Å². The Labute approximate surface area is 137 Å². The third-order valence-corrected chi connectivity index (χ3v) is 7.91. The molecule has 124 valence electrons. The second-order valence-electron chi connectivity index (χ2n) is 7.97. The van der Waals surface area contributed by atoms with Gasteiger partial charge >= 0.3 is 10.4 Å². The van der Waals surface area contributed by atoms with E-state index < -0.39 is 10.4 Å². The third kappa shape index (κ3) is 1.96. The number of rotatable bonds is 0. The normalized spacial score (nSPS) is 43.0. The van der Waals surface area contributed by atoms with Crippen molar-refractivity contribution in [2.75, 3.05) is 0 Å². The Morgan fingerprint density at radius 3 is 2.91 bits per heavy atom. The molecule has 0 N–H and O–H groups in total. The Kier molecular flexibility index (Phi) is 2.80. The van der Waals surface area contributed by atoms with Crippen molar-refractivity contribution < 1.29 is 16.8 Å². The zero-order chi connectivity index (χ0) is 15.8. The van der Waals surface area contributed by atoms with Crippen LogP contribution in [0.3, 0.4) is 0 Å². The van der Waals surface area contributed by atoms with E-state index in [1.165, 1.54) is 17.5 Å². The number of benzene rings is 1. The minimum absolute atomic E-state index is 0.0355. The maximum atomic E-state index is 12.3. The molecule has 3 heterocycles. The molecular formula is C18H22O4S. The second-order valence-corrected chi connectivity index (χ2v) is 9.15. The van der Waals surface area contributed by atoms with E-state index in [0.29, 0.717) is 23.5 Å². The SMILES string of the molecule is C[C@]12CCC3c4ccc5cc4CC[C@@H]3[C@@H]1CC[C@H]2OS(=O)(=O)O5. The van der Waals surface area contributed by atoms with Crippen molar-refractivity contribution in [3.05, 3.63) is 29.3 Å². The summed E-state index contributed by atoms with van der Waals surface area (Å²) in [5.41, 5.74) is 2.65. The van der Waals surface area contributed by atoms with Crippen molar-refractivity contribution in [1.82, 2.24) is 0 Å². The molecule has 3 aliphatic carbocycles. The van der Waals surface area contributed by atoms with Gasteiger partial charge in [-0.2, -0.15) is 8.42 Å².